The molecule has 26 heavy (non-hydrogen) atoms. The number of hydrogen-bond acceptors (Lipinski definition) is 4. The summed E-state index contributed by atoms with van der Waals surface area (Å²) in [5, 5.41) is 3.63. The van der Waals surface area contributed by atoms with E-state index in [9.17, 15) is 0 Å². The third kappa shape index (κ3) is 4.58. The van der Waals surface area contributed by atoms with Crippen molar-refractivity contribution in [3.63, 3.8) is 0 Å². The lowest BCUT2D eigenvalue weighted by Gasteiger charge is -2.29. The molecule has 1 fully saturated rings. The van der Waals surface area contributed by atoms with E-state index in [2.05, 4.69) is 56.5 Å². The predicted molar refractivity (Wildman–Crippen MR) is 109 cm³/mol. The molecule has 3 rings (SSSR count). The molecule has 1 aliphatic rings. The van der Waals surface area contributed by atoms with E-state index < -0.39 is 0 Å². The van der Waals surface area contributed by atoms with Gasteiger partial charge in [0.2, 0.25) is 0 Å². The highest BCUT2D eigenvalue weighted by atomic mass is 79.9. The molecule has 0 aromatic heterocycles. The fourth-order valence-electron chi connectivity index (χ4n) is 3.60. The molecule has 1 N–H and O–H groups in total. The normalized spacial score (nSPS) is 15.8. The van der Waals surface area contributed by atoms with Crippen molar-refractivity contribution in [3.05, 3.63) is 58.1 Å². The summed E-state index contributed by atoms with van der Waals surface area (Å²) in [5.74, 6) is 1.83. The first-order chi connectivity index (χ1) is 12.7. The Bertz CT molecular complexity index is 717. The average molecular weight is 419 g/mol. The molecule has 0 amide bonds. The van der Waals surface area contributed by atoms with Crippen LogP contribution in [0, 0.1) is 0 Å². The second-order valence-corrected chi connectivity index (χ2v) is 7.45. The quantitative estimate of drug-likeness (QED) is 0.688. The smallest absolute Gasteiger partial charge is 0.133 e. The maximum atomic E-state index is 5.62. The van der Waals surface area contributed by atoms with Crippen molar-refractivity contribution in [2.24, 2.45) is 0 Å². The summed E-state index contributed by atoms with van der Waals surface area (Å²) in [6.07, 6.45) is 2.55. The summed E-state index contributed by atoms with van der Waals surface area (Å²) < 4.78 is 11.9. The van der Waals surface area contributed by atoms with Gasteiger partial charge in [0.05, 0.1) is 24.7 Å². The topological polar surface area (TPSA) is 33.7 Å². The summed E-state index contributed by atoms with van der Waals surface area (Å²) in [5.41, 5.74) is 2.50. The van der Waals surface area contributed by atoms with Gasteiger partial charge in [0.25, 0.3) is 0 Å². The van der Waals surface area contributed by atoms with Gasteiger partial charge in [-0.15, -0.1) is 0 Å². The first-order valence-electron chi connectivity index (χ1n) is 9.13. The molecule has 1 saturated heterocycles. The Morgan fingerprint density at radius 1 is 1.04 bits per heavy atom. The number of nitrogens with one attached hydrogen (secondary N) is 1. The van der Waals surface area contributed by atoms with Gasteiger partial charge >= 0.3 is 0 Å². The highest BCUT2D eigenvalue weighted by molar-refractivity contribution is 9.10. The van der Waals surface area contributed by atoms with Crippen molar-refractivity contribution in [1.82, 2.24) is 10.2 Å². The minimum Gasteiger partial charge on any atom is -0.496 e. The number of benzene rings is 2. The molecule has 140 valence electrons. The number of para-hydroxylation sites is 1. The zero-order valence-electron chi connectivity index (χ0n) is 15.5. The Morgan fingerprint density at radius 3 is 2.46 bits per heavy atom. The van der Waals surface area contributed by atoms with Crippen molar-refractivity contribution >= 4 is 15.9 Å². The van der Waals surface area contributed by atoms with Gasteiger partial charge in [-0.1, -0.05) is 24.3 Å². The van der Waals surface area contributed by atoms with Crippen LogP contribution >= 0.6 is 15.9 Å². The monoisotopic (exact) mass is 418 g/mol. The number of ether oxygens (including phenoxy) is 2. The molecule has 2 aromatic carbocycles. The molecular weight excluding hydrogens is 392 g/mol. The Kier molecular flexibility index (Phi) is 6.94. The number of rotatable bonds is 8. The Labute approximate surface area is 164 Å². The highest BCUT2D eigenvalue weighted by Gasteiger charge is 2.25. The van der Waals surface area contributed by atoms with Crippen LogP contribution in [-0.2, 0) is 6.54 Å². The molecule has 0 spiro atoms. The van der Waals surface area contributed by atoms with E-state index in [0.717, 1.165) is 42.2 Å². The van der Waals surface area contributed by atoms with Crippen molar-refractivity contribution < 1.29 is 9.47 Å². The summed E-state index contributed by atoms with van der Waals surface area (Å²) in [7, 11) is 3.44. The summed E-state index contributed by atoms with van der Waals surface area (Å²) in [6.45, 7) is 4.02. The van der Waals surface area contributed by atoms with Crippen LogP contribution in [0.3, 0.4) is 0 Å². The molecule has 5 heteroatoms. The molecule has 1 aliphatic heterocycles. The van der Waals surface area contributed by atoms with Gasteiger partial charge in [0, 0.05) is 18.7 Å². The van der Waals surface area contributed by atoms with Crippen molar-refractivity contribution in [2.45, 2.75) is 25.4 Å². The molecule has 0 saturated carbocycles. The Balaban J connectivity index is 1.69. The van der Waals surface area contributed by atoms with Crippen LogP contribution in [0.15, 0.2) is 46.9 Å². The number of likely N-dealkylation sites (tertiary alicyclic amines) is 1. The molecular formula is C21H27BrN2O2. The van der Waals surface area contributed by atoms with Crippen LogP contribution in [-0.4, -0.2) is 38.8 Å². The molecule has 2 aromatic rings. The zero-order valence-corrected chi connectivity index (χ0v) is 17.1. The van der Waals surface area contributed by atoms with Gasteiger partial charge < -0.3 is 14.8 Å². The van der Waals surface area contributed by atoms with Crippen molar-refractivity contribution in [3.8, 4) is 11.5 Å². The van der Waals surface area contributed by atoms with E-state index in [0.29, 0.717) is 6.04 Å². The third-order valence-electron chi connectivity index (χ3n) is 4.96. The second-order valence-electron chi connectivity index (χ2n) is 6.60. The van der Waals surface area contributed by atoms with E-state index in [4.69, 9.17) is 9.47 Å². The lowest BCUT2D eigenvalue weighted by atomic mass is 10.0. The fourth-order valence-corrected chi connectivity index (χ4v) is 4.19. The SMILES string of the molecule is COc1ccc(CNCC(c2ccccc2OC)N2CCCC2)cc1Br. The molecule has 0 radical (unpaired) electrons. The minimum absolute atomic E-state index is 0.329. The lowest BCUT2D eigenvalue weighted by Crippen LogP contribution is -2.34. The van der Waals surface area contributed by atoms with E-state index in [1.165, 1.54) is 24.0 Å². The van der Waals surface area contributed by atoms with E-state index in [-0.39, 0.29) is 0 Å². The molecule has 4 nitrogen and oxygen atoms in total. The van der Waals surface area contributed by atoms with Crippen LogP contribution in [0.5, 0.6) is 11.5 Å². The maximum absolute atomic E-state index is 5.62. The highest BCUT2D eigenvalue weighted by Crippen LogP contribution is 2.31. The maximum Gasteiger partial charge on any atom is 0.133 e. The third-order valence-corrected chi connectivity index (χ3v) is 5.58. The summed E-state index contributed by atoms with van der Waals surface area (Å²) in [4.78, 5) is 2.56. The standard InChI is InChI=1S/C21H27BrN2O2/c1-25-20-8-4-3-7-17(20)19(24-11-5-6-12-24)15-23-14-16-9-10-21(26-2)18(22)13-16/h3-4,7-10,13,19,23H,5-6,11-12,14-15H2,1-2H3. The van der Waals surface area contributed by atoms with Crippen molar-refractivity contribution in [1.29, 1.82) is 0 Å². The van der Waals surface area contributed by atoms with Crippen molar-refractivity contribution in [2.75, 3.05) is 33.9 Å². The van der Waals surface area contributed by atoms with E-state index in [1.54, 1.807) is 14.2 Å². The molecule has 1 unspecified atom stereocenters. The van der Waals surface area contributed by atoms with Gasteiger partial charge in [0.1, 0.15) is 11.5 Å². The first-order valence-corrected chi connectivity index (χ1v) is 9.92. The number of halogens is 1. The molecule has 1 heterocycles. The zero-order chi connectivity index (χ0) is 18.4. The Hall–Kier alpha value is -1.56. The first kappa shape index (κ1) is 19.2. The lowest BCUT2D eigenvalue weighted by molar-refractivity contribution is 0.232. The number of methoxy groups -OCH3 is 2. The number of nitrogens with zero attached hydrogens (tertiary/aromatic N) is 1. The van der Waals surface area contributed by atoms with Crippen LogP contribution in [0.4, 0.5) is 0 Å². The van der Waals surface area contributed by atoms with Gasteiger partial charge in [-0.3, -0.25) is 4.90 Å². The van der Waals surface area contributed by atoms with Gasteiger partial charge in [-0.2, -0.15) is 0 Å². The van der Waals surface area contributed by atoms with E-state index in [1.807, 2.05) is 12.1 Å². The minimum atomic E-state index is 0.329. The average Bonchev–Trinajstić information content (AvgIpc) is 3.20. The van der Waals surface area contributed by atoms with E-state index >= 15 is 0 Å². The predicted octanol–water partition coefficient (Wildman–Crippen LogP) is 4.39. The molecule has 1 atom stereocenters. The largest absolute Gasteiger partial charge is 0.496 e. The Morgan fingerprint density at radius 2 is 1.77 bits per heavy atom. The summed E-state index contributed by atoms with van der Waals surface area (Å²) >= 11 is 3.56. The van der Waals surface area contributed by atoms with Crippen LogP contribution < -0.4 is 14.8 Å². The van der Waals surface area contributed by atoms with Crippen LogP contribution in [0.2, 0.25) is 0 Å². The summed E-state index contributed by atoms with van der Waals surface area (Å²) in [6, 6.07) is 14.9. The fraction of sp³-hybridized carbons (Fsp3) is 0.429. The van der Waals surface area contributed by atoms with Gasteiger partial charge in [-0.05, 0) is 65.6 Å². The molecule has 0 aliphatic carbocycles. The second kappa shape index (κ2) is 9.40. The van der Waals surface area contributed by atoms with Crippen LogP contribution in [0.1, 0.15) is 30.0 Å². The van der Waals surface area contributed by atoms with Crippen LogP contribution in [0.25, 0.3) is 0 Å². The van der Waals surface area contributed by atoms with Gasteiger partial charge in [-0.25, -0.2) is 0 Å². The van der Waals surface area contributed by atoms with Gasteiger partial charge in [0.15, 0.2) is 0 Å². The molecule has 0 bridgehead atoms. The number of hydrogen-bond donors (Lipinski definition) is 1.